The summed E-state index contributed by atoms with van der Waals surface area (Å²) in [6.45, 7) is 2.25. The minimum absolute atomic E-state index is 0.0842. The van der Waals surface area contributed by atoms with Crippen LogP contribution in [0.2, 0.25) is 0 Å². The Kier molecular flexibility index (Phi) is 5.10. The van der Waals surface area contributed by atoms with Crippen molar-refractivity contribution in [2.24, 2.45) is 0 Å². The summed E-state index contributed by atoms with van der Waals surface area (Å²) < 4.78 is 0. The highest BCUT2D eigenvalue weighted by Crippen LogP contribution is 2.20. The van der Waals surface area contributed by atoms with Gasteiger partial charge in [0.1, 0.15) is 0 Å². The van der Waals surface area contributed by atoms with Gasteiger partial charge in [-0.2, -0.15) is 0 Å². The second-order valence-electron chi connectivity index (χ2n) is 6.60. The molecule has 0 bridgehead atoms. The molecule has 2 aromatic heterocycles. The zero-order valence-corrected chi connectivity index (χ0v) is 15.5. The van der Waals surface area contributed by atoms with Gasteiger partial charge in [0.05, 0.1) is 10.6 Å². The molecule has 146 valence electrons. The molecule has 3 aromatic rings. The van der Waals surface area contributed by atoms with Crippen LogP contribution in [-0.2, 0) is 0 Å². The molecule has 0 saturated carbocycles. The Hall–Kier alpha value is -3.88. The highest BCUT2D eigenvalue weighted by atomic mass is 16.6. The first-order valence-corrected chi connectivity index (χ1v) is 9.14. The first-order chi connectivity index (χ1) is 14.1. The summed E-state index contributed by atoms with van der Waals surface area (Å²) in [5.41, 5.74) is 1.97. The number of hydrogen-bond acceptors (Lipinski definition) is 7. The number of nitro groups is 1. The molecule has 0 N–H and O–H groups in total. The molecule has 1 aliphatic rings. The standard InChI is InChI=1S/C20H18N6O3/c27-20(16-2-1-3-17(14-16)26(28)29)25-12-10-24(11-13-25)19-5-4-18(22-23-19)15-6-8-21-9-7-15/h1-9,14H,10-13H2. The molecule has 0 spiro atoms. The predicted octanol–water partition coefficient (Wildman–Crippen LogP) is 2.41. The molecule has 3 heterocycles. The monoisotopic (exact) mass is 390 g/mol. The molecular weight excluding hydrogens is 372 g/mol. The lowest BCUT2D eigenvalue weighted by atomic mass is 10.1. The molecule has 1 saturated heterocycles. The van der Waals surface area contributed by atoms with E-state index in [9.17, 15) is 14.9 Å². The number of non-ortho nitro benzene ring substituents is 1. The first-order valence-electron chi connectivity index (χ1n) is 9.14. The van der Waals surface area contributed by atoms with E-state index in [0.29, 0.717) is 31.7 Å². The Morgan fingerprint density at radius 3 is 2.38 bits per heavy atom. The number of carbonyl (C=O) groups is 1. The van der Waals surface area contributed by atoms with Gasteiger partial charge in [-0.3, -0.25) is 19.9 Å². The molecule has 0 aliphatic carbocycles. The van der Waals surface area contributed by atoms with Gasteiger partial charge in [-0.15, -0.1) is 10.2 Å². The molecule has 9 heteroatoms. The summed E-state index contributed by atoms with van der Waals surface area (Å²) in [5.74, 6) is 0.553. The number of piperazine rings is 1. The Balaban J connectivity index is 1.40. The normalized spacial score (nSPS) is 13.9. The third-order valence-electron chi connectivity index (χ3n) is 4.82. The van der Waals surface area contributed by atoms with E-state index in [2.05, 4.69) is 20.1 Å². The number of aromatic nitrogens is 3. The van der Waals surface area contributed by atoms with Crippen LogP contribution in [0.25, 0.3) is 11.3 Å². The lowest BCUT2D eigenvalue weighted by Gasteiger charge is -2.35. The number of amides is 1. The Bertz CT molecular complexity index is 1020. The van der Waals surface area contributed by atoms with E-state index in [1.54, 1.807) is 23.4 Å². The van der Waals surface area contributed by atoms with Crippen molar-refractivity contribution in [2.75, 3.05) is 31.1 Å². The number of pyridine rings is 1. The van der Waals surface area contributed by atoms with Gasteiger partial charge in [-0.1, -0.05) is 6.07 Å². The van der Waals surface area contributed by atoms with Crippen molar-refractivity contribution in [2.45, 2.75) is 0 Å². The SMILES string of the molecule is O=C(c1cccc([N+](=O)[O-])c1)N1CCN(c2ccc(-c3ccncc3)nn2)CC1. The van der Waals surface area contributed by atoms with Gasteiger partial charge >= 0.3 is 0 Å². The summed E-state index contributed by atoms with van der Waals surface area (Å²) in [4.78, 5) is 30.9. The molecule has 1 amide bonds. The lowest BCUT2D eigenvalue weighted by molar-refractivity contribution is -0.384. The van der Waals surface area contributed by atoms with Crippen LogP contribution >= 0.6 is 0 Å². The second kappa shape index (κ2) is 8.01. The Morgan fingerprint density at radius 1 is 0.966 bits per heavy atom. The van der Waals surface area contributed by atoms with Crippen LogP contribution in [0.4, 0.5) is 11.5 Å². The second-order valence-corrected chi connectivity index (χ2v) is 6.60. The van der Waals surface area contributed by atoms with E-state index in [1.807, 2.05) is 24.3 Å². The molecule has 1 aromatic carbocycles. The van der Waals surface area contributed by atoms with Gasteiger partial charge in [0, 0.05) is 61.8 Å². The van der Waals surface area contributed by atoms with E-state index < -0.39 is 4.92 Å². The molecule has 29 heavy (non-hydrogen) atoms. The number of anilines is 1. The first kappa shape index (κ1) is 18.5. The fraction of sp³-hybridized carbons (Fsp3) is 0.200. The highest BCUT2D eigenvalue weighted by molar-refractivity contribution is 5.95. The molecule has 0 radical (unpaired) electrons. The molecule has 1 fully saturated rings. The number of hydrogen-bond donors (Lipinski definition) is 0. The van der Waals surface area contributed by atoms with Gasteiger partial charge in [0.25, 0.3) is 11.6 Å². The van der Waals surface area contributed by atoms with Crippen LogP contribution in [0.3, 0.4) is 0 Å². The number of rotatable bonds is 4. The third kappa shape index (κ3) is 4.03. The van der Waals surface area contributed by atoms with Crippen LogP contribution < -0.4 is 4.90 Å². The molecule has 0 atom stereocenters. The van der Waals surface area contributed by atoms with Gasteiger partial charge in [-0.05, 0) is 30.3 Å². The average molecular weight is 390 g/mol. The van der Waals surface area contributed by atoms with E-state index >= 15 is 0 Å². The van der Waals surface area contributed by atoms with Crippen LogP contribution in [0.1, 0.15) is 10.4 Å². The van der Waals surface area contributed by atoms with Crippen molar-refractivity contribution in [1.82, 2.24) is 20.1 Å². The minimum atomic E-state index is -0.497. The molecule has 0 unspecified atom stereocenters. The van der Waals surface area contributed by atoms with E-state index in [-0.39, 0.29) is 11.6 Å². The highest BCUT2D eigenvalue weighted by Gasteiger charge is 2.24. The van der Waals surface area contributed by atoms with Crippen molar-refractivity contribution >= 4 is 17.4 Å². The van der Waals surface area contributed by atoms with E-state index in [4.69, 9.17) is 0 Å². The molecular formula is C20H18N6O3. The lowest BCUT2D eigenvalue weighted by Crippen LogP contribution is -2.49. The smallest absolute Gasteiger partial charge is 0.270 e. The van der Waals surface area contributed by atoms with Gasteiger partial charge in [0.2, 0.25) is 0 Å². The molecule has 9 nitrogen and oxygen atoms in total. The van der Waals surface area contributed by atoms with Crippen LogP contribution in [0.15, 0.2) is 60.9 Å². The van der Waals surface area contributed by atoms with Gasteiger partial charge in [0.15, 0.2) is 5.82 Å². The fourth-order valence-electron chi connectivity index (χ4n) is 3.24. The third-order valence-corrected chi connectivity index (χ3v) is 4.82. The minimum Gasteiger partial charge on any atom is -0.352 e. The molecule has 4 rings (SSSR count). The zero-order valence-electron chi connectivity index (χ0n) is 15.5. The largest absolute Gasteiger partial charge is 0.352 e. The van der Waals surface area contributed by atoms with Crippen molar-refractivity contribution < 1.29 is 9.72 Å². The number of carbonyl (C=O) groups excluding carboxylic acids is 1. The Morgan fingerprint density at radius 2 is 1.72 bits per heavy atom. The number of nitro benzene ring substituents is 1. The molecule has 1 aliphatic heterocycles. The number of benzene rings is 1. The summed E-state index contributed by atoms with van der Waals surface area (Å²) in [7, 11) is 0. The Labute approximate surface area is 166 Å². The van der Waals surface area contributed by atoms with Crippen LogP contribution in [-0.4, -0.2) is 57.1 Å². The van der Waals surface area contributed by atoms with Crippen molar-refractivity contribution in [3.63, 3.8) is 0 Å². The summed E-state index contributed by atoms with van der Waals surface area (Å²) >= 11 is 0. The quantitative estimate of drug-likeness (QED) is 0.497. The van der Waals surface area contributed by atoms with Crippen molar-refractivity contribution in [3.8, 4) is 11.3 Å². The van der Waals surface area contributed by atoms with Crippen molar-refractivity contribution in [1.29, 1.82) is 0 Å². The maximum Gasteiger partial charge on any atom is 0.270 e. The van der Waals surface area contributed by atoms with Crippen LogP contribution in [0, 0.1) is 10.1 Å². The topological polar surface area (TPSA) is 105 Å². The van der Waals surface area contributed by atoms with E-state index in [1.165, 1.54) is 18.2 Å². The maximum atomic E-state index is 12.7. The van der Waals surface area contributed by atoms with Gasteiger partial charge < -0.3 is 9.80 Å². The average Bonchev–Trinajstić information content (AvgIpc) is 2.79. The predicted molar refractivity (Wildman–Crippen MR) is 106 cm³/mol. The summed E-state index contributed by atoms with van der Waals surface area (Å²) in [6, 6.07) is 13.4. The zero-order chi connectivity index (χ0) is 20.2. The fourth-order valence-corrected chi connectivity index (χ4v) is 3.24. The maximum absolute atomic E-state index is 12.7. The summed E-state index contributed by atoms with van der Waals surface area (Å²) in [5, 5.41) is 19.5. The van der Waals surface area contributed by atoms with Crippen molar-refractivity contribution in [3.05, 3.63) is 76.6 Å². The summed E-state index contributed by atoms with van der Waals surface area (Å²) in [6.07, 6.45) is 3.42. The number of nitrogens with zero attached hydrogens (tertiary/aromatic N) is 6. The van der Waals surface area contributed by atoms with E-state index in [0.717, 1.165) is 17.1 Å². The van der Waals surface area contributed by atoms with Gasteiger partial charge in [-0.25, -0.2) is 0 Å². The van der Waals surface area contributed by atoms with Crippen LogP contribution in [0.5, 0.6) is 0 Å².